The van der Waals surface area contributed by atoms with E-state index in [9.17, 15) is 9.59 Å². The molecule has 2 aliphatic rings. The van der Waals surface area contributed by atoms with E-state index in [1.54, 1.807) is 12.0 Å². The molecule has 136 valence electrons. The summed E-state index contributed by atoms with van der Waals surface area (Å²) in [7, 11) is 1.58. The summed E-state index contributed by atoms with van der Waals surface area (Å²) in [6.45, 7) is 0.404. The van der Waals surface area contributed by atoms with Gasteiger partial charge in [0, 0.05) is 18.5 Å². The van der Waals surface area contributed by atoms with Crippen LogP contribution in [-0.4, -0.2) is 36.7 Å². The number of amides is 2. The number of ether oxygens (including phenoxy) is 1. The molecule has 1 fully saturated rings. The highest BCUT2D eigenvalue weighted by atomic mass is 16.5. The summed E-state index contributed by atoms with van der Waals surface area (Å²) in [6, 6.07) is 7.10. The Bertz CT molecular complexity index is 845. The van der Waals surface area contributed by atoms with Gasteiger partial charge < -0.3 is 19.5 Å². The minimum absolute atomic E-state index is 0.0422. The molecule has 1 N–H and O–H groups in total. The second-order valence-corrected chi connectivity index (χ2v) is 6.69. The second-order valence-electron chi connectivity index (χ2n) is 6.69. The number of carbonyl (C=O) groups is 2. The lowest BCUT2D eigenvalue weighted by atomic mass is 9.96. The van der Waals surface area contributed by atoms with Crippen molar-refractivity contribution < 1.29 is 18.8 Å². The van der Waals surface area contributed by atoms with Crippen molar-refractivity contribution in [1.82, 2.24) is 10.5 Å². The average Bonchev–Trinajstić information content (AvgIpc) is 3.25. The van der Waals surface area contributed by atoms with Crippen LogP contribution >= 0.6 is 0 Å². The predicted molar refractivity (Wildman–Crippen MR) is 94.4 cm³/mol. The van der Waals surface area contributed by atoms with Gasteiger partial charge in [-0.2, -0.15) is 0 Å². The number of benzene rings is 1. The summed E-state index contributed by atoms with van der Waals surface area (Å²) in [5, 5.41) is 6.95. The minimum atomic E-state index is -0.291. The normalized spacial score (nSPS) is 19.3. The van der Waals surface area contributed by atoms with Gasteiger partial charge in [-0.25, -0.2) is 0 Å². The summed E-state index contributed by atoms with van der Waals surface area (Å²) < 4.78 is 10.6. The SMILES string of the molecule is COc1ccccc1N1C[C@H](NC(=O)c2onc3c2CCCC3)CC1=O. The van der Waals surface area contributed by atoms with E-state index in [0.29, 0.717) is 23.7 Å². The number of methoxy groups -OCH3 is 1. The molecule has 4 rings (SSSR count). The lowest BCUT2D eigenvalue weighted by Gasteiger charge is -2.19. The van der Waals surface area contributed by atoms with Gasteiger partial charge in [-0.15, -0.1) is 0 Å². The maximum Gasteiger partial charge on any atom is 0.290 e. The van der Waals surface area contributed by atoms with Crippen LogP contribution in [0.15, 0.2) is 28.8 Å². The monoisotopic (exact) mass is 355 g/mol. The van der Waals surface area contributed by atoms with Gasteiger partial charge in [0.05, 0.1) is 24.5 Å². The standard InChI is InChI=1S/C19H21N3O4/c1-25-16-9-5-4-8-15(16)22-11-12(10-17(22)23)20-19(24)18-13-6-2-3-7-14(13)21-26-18/h4-5,8-9,12H,2-3,6-7,10-11H2,1H3,(H,20,24)/t12-/m1/s1. The molecular formula is C19H21N3O4. The lowest BCUT2D eigenvalue weighted by Crippen LogP contribution is -2.37. The van der Waals surface area contributed by atoms with E-state index in [4.69, 9.17) is 9.26 Å². The maximum atomic E-state index is 12.6. The number of hydrogen-bond acceptors (Lipinski definition) is 5. The first-order valence-corrected chi connectivity index (χ1v) is 8.89. The van der Waals surface area contributed by atoms with Crippen LogP contribution in [0, 0.1) is 0 Å². The number of aryl methyl sites for hydroxylation is 1. The number of para-hydroxylation sites is 2. The highest BCUT2D eigenvalue weighted by Crippen LogP contribution is 2.31. The molecule has 0 spiro atoms. The van der Waals surface area contributed by atoms with Crippen molar-refractivity contribution in [3.63, 3.8) is 0 Å². The predicted octanol–water partition coefficient (Wildman–Crippen LogP) is 2.10. The van der Waals surface area contributed by atoms with Gasteiger partial charge in [0.2, 0.25) is 11.7 Å². The van der Waals surface area contributed by atoms with Crippen molar-refractivity contribution in [2.75, 3.05) is 18.6 Å². The zero-order chi connectivity index (χ0) is 18.1. The largest absolute Gasteiger partial charge is 0.495 e. The highest BCUT2D eigenvalue weighted by molar-refractivity contribution is 5.99. The van der Waals surface area contributed by atoms with Crippen LogP contribution in [0.4, 0.5) is 5.69 Å². The summed E-state index contributed by atoms with van der Waals surface area (Å²) >= 11 is 0. The second kappa shape index (κ2) is 6.82. The molecule has 1 aliphatic carbocycles. The van der Waals surface area contributed by atoms with Crippen LogP contribution in [0.3, 0.4) is 0 Å². The first-order chi connectivity index (χ1) is 12.7. The number of carbonyl (C=O) groups excluding carboxylic acids is 2. The first kappa shape index (κ1) is 16.6. The van der Waals surface area contributed by atoms with E-state index < -0.39 is 0 Å². The summed E-state index contributed by atoms with van der Waals surface area (Å²) in [4.78, 5) is 26.7. The zero-order valence-corrected chi connectivity index (χ0v) is 14.7. The number of fused-ring (bicyclic) bond motifs is 1. The van der Waals surface area contributed by atoms with Crippen LogP contribution in [0.5, 0.6) is 5.75 Å². The number of nitrogens with one attached hydrogen (secondary N) is 1. The van der Waals surface area contributed by atoms with E-state index in [2.05, 4.69) is 10.5 Å². The zero-order valence-electron chi connectivity index (χ0n) is 14.7. The van der Waals surface area contributed by atoms with Gasteiger partial charge in [-0.3, -0.25) is 9.59 Å². The van der Waals surface area contributed by atoms with Gasteiger partial charge >= 0.3 is 0 Å². The molecule has 1 aliphatic heterocycles. The highest BCUT2D eigenvalue weighted by Gasteiger charge is 2.34. The molecule has 0 saturated carbocycles. The van der Waals surface area contributed by atoms with E-state index in [0.717, 1.165) is 36.9 Å². The van der Waals surface area contributed by atoms with Crippen molar-refractivity contribution in [3.05, 3.63) is 41.3 Å². The fourth-order valence-corrected chi connectivity index (χ4v) is 3.71. The summed E-state index contributed by atoms with van der Waals surface area (Å²) in [5.74, 6) is 0.597. The Labute approximate surface area is 151 Å². The van der Waals surface area contributed by atoms with Gasteiger partial charge in [-0.1, -0.05) is 17.3 Å². The molecule has 0 radical (unpaired) electrons. The van der Waals surface area contributed by atoms with Gasteiger partial charge in [0.1, 0.15) is 5.75 Å². The van der Waals surface area contributed by atoms with Crippen molar-refractivity contribution in [2.45, 2.75) is 38.1 Å². The van der Waals surface area contributed by atoms with Crippen LogP contribution in [0.2, 0.25) is 0 Å². The molecular weight excluding hydrogens is 334 g/mol. The third kappa shape index (κ3) is 2.94. The molecule has 2 heterocycles. The fraction of sp³-hybridized carbons (Fsp3) is 0.421. The molecule has 7 nitrogen and oxygen atoms in total. The van der Waals surface area contributed by atoms with Crippen molar-refractivity contribution in [2.24, 2.45) is 0 Å². The molecule has 7 heteroatoms. The molecule has 0 bridgehead atoms. The third-order valence-electron chi connectivity index (χ3n) is 5.00. The number of nitrogens with zero attached hydrogens (tertiary/aromatic N) is 2. The Morgan fingerprint density at radius 1 is 1.31 bits per heavy atom. The van der Waals surface area contributed by atoms with E-state index >= 15 is 0 Å². The van der Waals surface area contributed by atoms with Crippen LogP contribution in [0.1, 0.15) is 41.1 Å². The number of hydrogen-bond donors (Lipinski definition) is 1. The average molecular weight is 355 g/mol. The number of anilines is 1. The topological polar surface area (TPSA) is 84.7 Å². The molecule has 1 atom stereocenters. The Balaban J connectivity index is 1.48. The first-order valence-electron chi connectivity index (χ1n) is 8.89. The molecule has 0 unspecified atom stereocenters. The van der Waals surface area contributed by atoms with E-state index in [1.165, 1.54) is 0 Å². The number of aromatic nitrogens is 1. The molecule has 1 aromatic carbocycles. The molecule has 2 amide bonds. The van der Waals surface area contributed by atoms with E-state index in [1.807, 2.05) is 24.3 Å². The minimum Gasteiger partial charge on any atom is -0.495 e. The molecule has 1 saturated heterocycles. The summed E-state index contributed by atoms with van der Waals surface area (Å²) in [5.41, 5.74) is 2.52. The number of rotatable bonds is 4. The quantitative estimate of drug-likeness (QED) is 0.908. The Hall–Kier alpha value is -2.83. The third-order valence-corrected chi connectivity index (χ3v) is 5.00. The Morgan fingerprint density at radius 2 is 2.12 bits per heavy atom. The van der Waals surface area contributed by atoms with Crippen molar-refractivity contribution >= 4 is 17.5 Å². The van der Waals surface area contributed by atoms with Crippen molar-refractivity contribution in [1.29, 1.82) is 0 Å². The fourth-order valence-electron chi connectivity index (χ4n) is 3.71. The molecule has 2 aromatic rings. The molecule has 1 aromatic heterocycles. The van der Waals surface area contributed by atoms with Crippen LogP contribution in [0.25, 0.3) is 0 Å². The molecule has 26 heavy (non-hydrogen) atoms. The van der Waals surface area contributed by atoms with Crippen LogP contribution < -0.4 is 15.0 Å². The van der Waals surface area contributed by atoms with Crippen molar-refractivity contribution in [3.8, 4) is 5.75 Å². The Kier molecular flexibility index (Phi) is 4.36. The Morgan fingerprint density at radius 3 is 2.96 bits per heavy atom. The summed E-state index contributed by atoms with van der Waals surface area (Å²) in [6.07, 6.45) is 4.04. The lowest BCUT2D eigenvalue weighted by molar-refractivity contribution is -0.117. The van der Waals surface area contributed by atoms with Crippen LogP contribution in [-0.2, 0) is 17.6 Å². The van der Waals surface area contributed by atoms with Gasteiger partial charge in [0.25, 0.3) is 5.91 Å². The van der Waals surface area contributed by atoms with Gasteiger partial charge in [0.15, 0.2) is 0 Å². The smallest absolute Gasteiger partial charge is 0.290 e. The maximum absolute atomic E-state index is 12.6. The van der Waals surface area contributed by atoms with Gasteiger partial charge in [-0.05, 0) is 37.8 Å². The van der Waals surface area contributed by atoms with E-state index in [-0.39, 0.29) is 24.3 Å².